The lowest BCUT2D eigenvalue weighted by atomic mass is 9.76. The van der Waals surface area contributed by atoms with Gasteiger partial charge in [-0.15, -0.1) is 0 Å². The lowest BCUT2D eigenvalue weighted by molar-refractivity contribution is 0.0809. The number of carbonyl (C=O) groups is 1. The fourth-order valence-electron chi connectivity index (χ4n) is 2.68. The zero-order valence-electron chi connectivity index (χ0n) is 11.0. The molecule has 0 bridgehead atoms. The van der Waals surface area contributed by atoms with E-state index in [0.29, 0.717) is 5.78 Å². The largest absolute Gasteiger partial charge is 0.316 e. The Morgan fingerprint density at radius 1 is 1.41 bits per heavy atom. The molecule has 1 unspecified atom stereocenters. The van der Waals surface area contributed by atoms with Crippen LogP contribution in [0.25, 0.3) is 0 Å². The molecule has 1 aromatic rings. The van der Waals surface area contributed by atoms with Crippen molar-refractivity contribution in [2.75, 3.05) is 13.1 Å². The molecule has 92 valence electrons. The number of hydrogen-bond acceptors (Lipinski definition) is 2. The highest BCUT2D eigenvalue weighted by Gasteiger charge is 2.40. The summed E-state index contributed by atoms with van der Waals surface area (Å²) in [5.41, 5.74) is 3.08. The summed E-state index contributed by atoms with van der Waals surface area (Å²) in [4.78, 5) is 12.7. The van der Waals surface area contributed by atoms with Crippen molar-refractivity contribution in [2.24, 2.45) is 5.41 Å². The smallest absolute Gasteiger partial charge is 0.170 e. The Morgan fingerprint density at radius 2 is 2.18 bits per heavy atom. The van der Waals surface area contributed by atoms with E-state index in [-0.39, 0.29) is 5.41 Å². The van der Waals surface area contributed by atoms with Crippen molar-refractivity contribution in [2.45, 2.75) is 33.6 Å². The van der Waals surface area contributed by atoms with Gasteiger partial charge in [0, 0.05) is 17.5 Å². The molecular weight excluding hydrogens is 210 g/mol. The molecule has 0 saturated carbocycles. The average Bonchev–Trinajstić information content (AvgIpc) is 2.82. The monoisotopic (exact) mass is 231 g/mol. The highest BCUT2D eigenvalue weighted by Crippen LogP contribution is 2.34. The van der Waals surface area contributed by atoms with Crippen LogP contribution in [0.5, 0.6) is 0 Å². The summed E-state index contributed by atoms with van der Waals surface area (Å²) in [5, 5.41) is 3.33. The van der Waals surface area contributed by atoms with Gasteiger partial charge >= 0.3 is 0 Å². The molecule has 1 heterocycles. The maximum absolute atomic E-state index is 12.7. The van der Waals surface area contributed by atoms with Gasteiger partial charge in [0.15, 0.2) is 5.78 Å². The van der Waals surface area contributed by atoms with Crippen LogP contribution in [0.4, 0.5) is 0 Å². The van der Waals surface area contributed by atoms with Gasteiger partial charge in [-0.2, -0.15) is 0 Å². The topological polar surface area (TPSA) is 29.1 Å². The van der Waals surface area contributed by atoms with Crippen molar-refractivity contribution >= 4 is 5.78 Å². The number of hydrogen-bond donors (Lipinski definition) is 1. The standard InChI is InChI=1S/C15H21NO/c1-4-15(8-9-16-10-15)14(17)13-7-5-6-11(2)12(13)3/h5-7,16H,4,8-10H2,1-3H3. The van der Waals surface area contributed by atoms with Gasteiger partial charge in [0.1, 0.15) is 0 Å². The minimum atomic E-state index is -0.168. The Labute approximate surface area is 103 Å². The third kappa shape index (κ3) is 2.02. The minimum Gasteiger partial charge on any atom is -0.316 e. The molecule has 0 radical (unpaired) electrons. The van der Waals surface area contributed by atoms with Gasteiger partial charge in [0.25, 0.3) is 0 Å². The third-order valence-electron chi connectivity index (χ3n) is 4.25. The molecule has 0 amide bonds. The van der Waals surface area contributed by atoms with Gasteiger partial charge in [-0.3, -0.25) is 4.79 Å². The van der Waals surface area contributed by atoms with Crippen LogP contribution < -0.4 is 5.32 Å². The van der Waals surface area contributed by atoms with Gasteiger partial charge in [-0.05, 0) is 44.4 Å². The number of benzene rings is 1. The van der Waals surface area contributed by atoms with E-state index in [2.05, 4.69) is 25.2 Å². The Kier molecular flexibility index (Phi) is 3.34. The Hall–Kier alpha value is -1.15. The molecule has 1 saturated heterocycles. The molecule has 0 aliphatic carbocycles. The predicted molar refractivity (Wildman–Crippen MR) is 70.5 cm³/mol. The maximum Gasteiger partial charge on any atom is 0.170 e. The summed E-state index contributed by atoms with van der Waals surface area (Å²) >= 11 is 0. The molecule has 2 heteroatoms. The van der Waals surface area contributed by atoms with E-state index in [1.807, 2.05) is 19.1 Å². The molecule has 17 heavy (non-hydrogen) atoms. The maximum atomic E-state index is 12.7. The first-order valence-electron chi connectivity index (χ1n) is 6.42. The zero-order chi connectivity index (χ0) is 12.5. The summed E-state index contributed by atoms with van der Waals surface area (Å²) in [6, 6.07) is 6.03. The predicted octanol–water partition coefficient (Wildman–Crippen LogP) is 2.88. The molecule has 1 aliphatic rings. The number of carbonyl (C=O) groups excluding carboxylic acids is 1. The Bertz CT molecular complexity index is 431. The molecule has 2 rings (SSSR count). The molecule has 1 atom stereocenters. The van der Waals surface area contributed by atoms with Crippen LogP contribution in [0, 0.1) is 19.3 Å². The molecule has 1 aliphatic heterocycles. The van der Waals surface area contributed by atoms with E-state index in [1.165, 1.54) is 5.56 Å². The molecule has 1 fully saturated rings. The molecule has 2 nitrogen and oxygen atoms in total. The molecule has 0 spiro atoms. The van der Waals surface area contributed by atoms with Crippen molar-refractivity contribution in [3.63, 3.8) is 0 Å². The molecular formula is C15H21NO. The van der Waals surface area contributed by atoms with Gasteiger partial charge in [0.05, 0.1) is 0 Å². The van der Waals surface area contributed by atoms with E-state index in [1.54, 1.807) is 0 Å². The first kappa shape index (κ1) is 12.3. The molecule has 0 aromatic heterocycles. The second-order valence-corrected chi connectivity index (χ2v) is 5.14. The van der Waals surface area contributed by atoms with E-state index in [9.17, 15) is 4.79 Å². The lowest BCUT2D eigenvalue weighted by Gasteiger charge is -2.26. The molecule has 1 N–H and O–H groups in total. The quantitative estimate of drug-likeness (QED) is 0.810. The minimum absolute atomic E-state index is 0.168. The number of rotatable bonds is 3. The van der Waals surface area contributed by atoms with Gasteiger partial charge in [-0.25, -0.2) is 0 Å². The number of Topliss-reactive ketones (excluding diaryl/α,β-unsaturated/α-hetero) is 1. The van der Waals surface area contributed by atoms with E-state index in [0.717, 1.165) is 37.1 Å². The average molecular weight is 231 g/mol. The highest BCUT2D eigenvalue weighted by atomic mass is 16.1. The van der Waals surface area contributed by atoms with Crippen molar-refractivity contribution in [3.8, 4) is 0 Å². The van der Waals surface area contributed by atoms with Gasteiger partial charge < -0.3 is 5.32 Å². The van der Waals surface area contributed by atoms with Gasteiger partial charge in [0.2, 0.25) is 0 Å². The van der Waals surface area contributed by atoms with Crippen LogP contribution in [-0.4, -0.2) is 18.9 Å². The van der Waals surface area contributed by atoms with E-state index in [4.69, 9.17) is 0 Å². The fraction of sp³-hybridized carbons (Fsp3) is 0.533. The second kappa shape index (κ2) is 4.61. The first-order chi connectivity index (χ1) is 8.10. The Balaban J connectivity index is 2.39. The van der Waals surface area contributed by atoms with E-state index >= 15 is 0 Å². The zero-order valence-corrected chi connectivity index (χ0v) is 11.0. The summed E-state index contributed by atoms with van der Waals surface area (Å²) in [6.45, 7) is 8.03. The fourth-order valence-corrected chi connectivity index (χ4v) is 2.68. The number of nitrogens with one attached hydrogen (secondary N) is 1. The van der Waals surface area contributed by atoms with Crippen molar-refractivity contribution in [1.82, 2.24) is 5.32 Å². The normalized spacial score (nSPS) is 23.9. The Morgan fingerprint density at radius 3 is 2.76 bits per heavy atom. The van der Waals surface area contributed by atoms with Crippen LogP contribution in [0.15, 0.2) is 18.2 Å². The highest BCUT2D eigenvalue weighted by molar-refractivity contribution is 6.02. The lowest BCUT2D eigenvalue weighted by Crippen LogP contribution is -2.33. The summed E-state index contributed by atoms with van der Waals surface area (Å²) in [7, 11) is 0. The van der Waals surface area contributed by atoms with Crippen LogP contribution in [0.2, 0.25) is 0 Å². The van der Waals surface area contributed by atoms with Crippen LogP contribution in [-0.2, 0) is 0 Å². The second-order valence-electron chi connectivity index (χ2n) is 5.14. The van der Waals surface area contributed by atoms with Gasteiger partial charge in [-0.1, -0.05) is 25.1 Å². The summed E-state index contributed by atoms with van der Waals surface area (Å²) < 4.78 is 0. The van der Waals surface area contributed by atoms with Crippen molar-refractivity contribution in [1.29, 1.82) is 0 Å². The third-order valence-corrected chi connectivity index (χ3v) is 4.25. The first-order valence-corrected chi connectivity index (χ1v) is 6.42. The van der Waals surface area contributed by atoms with Crippen LogP contribution >= 0.6 is 0 Å². The summed E-state index contributed by atoms with van der Waals surface area (Å²) in [6.07, 6.45) is 1.89. The summed E-state index contributed by atoms with van der Waals surface area (Å²) in [5.74, 6) is 0.325. The van der Waals surface area contributed by atoms with Crippen LogP contribution in [0.3, 0.4) is 0 Å². The number of ketones is 1. The SMILES string of the molecule is CCC1(C(=O)c2cccc(C)c2C)CCNC1. The van der Waals surface area contributed by atoms with Crippen molar-refractivity contribution < 1.29 is 4.79 Å². The van der Waals surface area contributed by atoms with Crippen molar-refractivity contribution in [3.05, 3.63) is 34.9 Å². The van der Waals surface area contributed by atoms with Crippen LogP contribution in [0.1, 0.15) is 41.3 Å². The number of aryl methyl sites for hydroxylation is 1. The van der Waals surface area contributed by atoms with E-state index < -0.39 is 0 Å². The molecule has 1 aromatic carbocycles.